The molecule has 16 heavy (non-hydrogen) atoms. The van der Waals surface area contributed by atoms with Crippen molar-refractivity contribution in [2.45, 2.75) is 51.6 Å². The molecular formula is C12H24N2OS. The predicted octanol–water partition coefficient (Wildman–Crippen LogP) is 1.76. The van der Waals surface area contributed by atoms with Gasteiger partial charge in [0.2, 0.25) is 5.91 Å². The van der Waals surface area contributed by atoms with Gasteiger partial charge in [-0.05, 0) is 31.4 Å². The zero-order chi connectivity index (χ0) is 12.2. The van der Waals surface area contributed by atoms with Crippen LogP contribution in [0.2, 0.25) is 0 Å². The van der Waals surface area contributed by atoms with Crippen molar-refractivity contribution < 1.29 is 4.79 Å². The lowest BCUT2D eigenvalue weighted by Gasteiger charge is -2.27. The maximum atomic E-state index is 11.5. The molecule has 0 aromatic carbocycles. The van der Waals surface area contributed by atoms with Crippen molar-refractivity contribution in [2.24, 2.45) is 11.7 Å². The molecule has 1 aliphatic rings. The molecule has 0 aromatic heterocycles. The minimum Gasteiger partial charge on any atom is -0.368 e. The minimum absolute atomic E-state index is 0.226. The lowest BCUT2D eigenvalue weighted by atomic mass is 10.1. The second-order valence-electron chi connectivity index (χ2n) is 5.14. The summed E-state index contributed by atoms with van der Waals surface area (Å²) in [6.45, 7) is 6.36. The van der Waals surface area contributed by atoms with Gasteiger partial charge in [0.15, 0.2) is 0 Å². The van der Waals surface area contributed by atoms with Crippen molar-refractivity contribution in [1.29, 1.82) is 0 Å². The van der Waals surface area contributed by atoms with Gasteiger partial charge in [0.05, 0.1) is 0 Å². The maximum absolute atomic E-state index is 11.5. The summed E-state index contributed by atoms with van der Waals surface area (Å²) in [5.74, 6) is 2.37. The average Bonchev–Trinajstić information content (AvgIpc) is 3.01. The largest absolute Gasteiger partial charge is 0.368 e. The Labute approximate surface area is 103 Å². The molecule has 4 heteroatoms. The lowest BCUT2D eigenvalue weighted by molar-refractivity contribution is -0.123. The Kier molecular flexibility index (Phi) is 5.12. The molecule has 0 bridgehead atoms. The Balaban J connectivity index is 2.34. The number of nitrogens with two attached hydrogens (primary N) is 1. The zero-order valence-electron chi connectivity index (χ0n) is 10.6. The fourth-order valence-electron chi connectivity index (χ4n) is 1.44. The van der Waals surface area contributed by atoms with Crippen LogP contribution in [0.15, 0.2) is 0 Å². The Morgan fingerprint density at radius 3 is 2.69 bits per heavy atom. The van der Waals surface area contributed by atoms with E-state index >= 15 is 0 Å². The van der Waals surface area contributed by atoms with Gasteiger partial charge in [0.1, 0.15) is 5.54 Å². The Morgan fingerprint density at radius 2 is 2.25 bits per heavy atom. The first kappa shape index (κ1) is 13.8. The summed E-state index contributed by atoms with van der Waals surface area (Å²) in [6.07, 6.45) is 3.55. The highest BCUT2D eigenvalue weighted by molar-refractivity contribution is 7.99. The van der Waals surface area contributed by atoms with E-state index in [0.29, 0.717) is 12.0 Å². The topological polar surface area (TPSA) is 55.1 Å². The summed E-state index contributed by atoms with van der Waals surface area (Å²) in [5.41, 5.74) is 4.95. The summed E-state index contributed by atoms with van der Waals surface area (Å²) in [4.78, 5) is 11.5. The van der Waals surface area contributed by atoms with E-state index < -0.39 is 5.54 Å². The summed E-state index contributed by atoms with van der Waals surface area (Å²) in [6, 6.07) is 0.515. The average molecular weight is 244 g/mol. The standard InChI is InChI=1S/C12H24N2OS/c1-4-9(2)7-16-8-12(3,11(13)15)14-10-5-6-10/h9-10,14H,4-8H2,1-3H3,(H2,13,15). The molecule has 3 nitrogen and oxygen atoms in total. The van der Waals surface area contributed by atoms with Crippen LogP contribution >= 0.6 is 11.8 Å². The Hall–Kier alpha value is -0.220. The SMILES string of the molecule is CCC(C)CSCC(C)(NC1CC1)C(N)=O. The van der Waals surface area contributed by atoms with E-state index in [4.69, 9.17) is 5.73 Å². The number of carbonyl (C=O) groups excluding carboxylic acids is 1. The number of hydrogen-bond acceptors (Lipinski definition) is 3. The Morgan fingerprint density at radius 1 is 1.62 bits per heavy atom. The minimum atomic E-state index is -0.528. The fourth-order valence-corrected chi connectivity index (χ4v) is 2.83. The van der Waals surface area contributed by atoms with Crippen LogP contribution in [0.4, 0.5) is 0 Å². The molecule has 1 amide bonds. The van der Waals surface area contributed by atoms with E-state index in [0.717, 1.165) is 11.5 Å². The molecule has 1 fully saturated rings. The maximum Gasteiger partial charge on any atom is 0.238 e. The molecule has 2 unspecified atom stereocenters. The molecule has 3 N–H and O–H groups in total. The van der Waals surface area contributed by atoms with Crippen LogP contribution < -0.4 is 11.1 Å². The summed E-state index contributed by atoms with van der Waals surface area (Å²) >= 11 is 1.83. The molecule has 0 aromatic rings. The summed E-state index contributed by atoms with van der Waals surface area (Å²) < 4.78 is 0. The van der Waals surface area contributed by atoms with Crippen LogP contribution in [0, 0.1) is 5.92 Å². The van der Waals surface area contributed by atoms with Crippen molar-refractivity contribution in [1.82, 2.24) is 5.32 Å². The van der Waals surface area contributed by atoms with E-state index in [1.54, 1.807) is 0 Å². The first-order valence-electron chi connectivity index (χ1n) is 6.13. The summed E-state index contributed by atoms with van der Waals surface area (Å²) in [5, 5.41) is 3.36. The van der Waals surface area contributed by atoms with Gasteiger partial charge >= 0.3 is 0 Å². The van der Waals surface area contributed by atoms with Crippen molar-refractivity contribution >= 4 is 17.7 Å². The van der Waals surface area contributed by atoms with Crippen molar-refractivity contribution in [3.05, 3.63) is 0 Å². The van der Waals surface area contributed by atoms with E-state index in [1.165, 1.54) is 19.3 Å². The smallest absolute Gasteiger partial charge is 0.238 e. The van der Waals surface area contributed by atoms with Crippen LogP contribution in [0.25, 0.3) is 0 Å². The Bertz CT molecular complexity index is 243. The second-order valence-corrected chi connectivity index (χ2v) is 6.17. The van der Waals surface area contributed by atoms with E-state index in [1.807, 2.05) is 18.7 Å². The highest BCUT2D eigenvalue weighted by Crippen LogP contribution is 2.25. The molecule has 0 saturated heterocycles. The number of thioether (sulfide) groups is 1. The number of carbonyl (C=O) groups is 1. The first-order valence-corrected chi connectivity index (χ1v) is 7.28. The molecule has 0 aliphatic heterocycles. The fraction of sp³-hybridized carbons (Fsp3) is 0.917. The van der Waals surface area contributed by atoms with Crippen LogP contribution in [-0.4, -0.2) is 29.0 Å². The number of rotatable bonds is 8. The number of nitrogens with one attached hydrogen (secondary N) is 1. The zero-order valence-corrected chi connectivity index (χ0v) is 11.4. The molecule has 0 radical (unpaired) electrons. The third-order valence-corrected chi connectivity index (χ3v) is 4.72. The van der Waals surface area contributed by atoms with Gasteiger partial charge in [-0.2, -0.15) is 11.8 Å². The van der Waals surface area contributed by atoms with Crippen LogP contribution in [0.5, 0.6) is 0 Å². The van der Waals surface area contributed by atoms with Gasteiger partial charge in [0, 0.05) is 11.8 Å². The van der Waals surface area contributed by atoms with Crippen molar-refractivity contribution in [3.63, 3.8) is 0 Å². The quantitative estimate of drug-likeness (QED) is 0.684. The van der Waals surface area contributed by atoms with E-state index in [2.05, 4.69) is 19.2 Å². The highest BCUT2D eigenvalue weighted by atomic mass is 32.2. The molecular weight excluding hydrogens is 220 g/mol. The van der Waals surface area contributed by atoms with Crippen LogP contribution in [-0.2, 0) is 4.79 Å². The molecule has 1 saturated carbocycles. The van der Waals surface area contributed by atoms with Crippen LogP contribution in [0.1, 0.15) is 40.0 Å². The molecule has 1 rings (SSSR count). The van der Waals surface area contributed by atoms with Gasteiger partial charge in [-0.3, -0.25) is 4.79 Å². The van der Waals surface area contributed by atoms with Gasteiger partial charge in [0.25, 0.3) is 0 Å². The lowest BCUT2D eigenvalue weighted by Crippen LogP contribution is -2.56. The van der Waals surface area contributed by atoms with E-state index in [9.17, 15) is 4.79 Å². The van der Waals surface area contributed by atoms with Gasteiger partial charge in [-0.25, -0.2) is 0 Å². The molecule has 2 atom stereocenters. The van der Waals surface area contributed by atoms with E-state index in [-0.39, 0.29) is 5.91 Å². The monoisotopic (exact) mass is 244 g/mol. The van der Waals surface area contributed by atoms with Crippen molar-refractivity contribution in [2.75, 3.05) is 11.5 Å². The molecule has 94 valence electrons. The van der Waals surface area contributed by atoms with Gasteiger partial charge in [-0.1, -0.05) is 20.3 Å². The molecule has 0 spiro atoms. The first-order chi connectivity index (χ1) is 7.48. The molecule has 0 heterocycles. The number of primary amides is 1. The highest BCUT2D eigenvalue weighted by Gasteiger charge is 2.36. The number of amides is 1. The third kappa shape index (κ3) is 4.34. The van der Waals surface area contributed by atoms with Crippen molar-refractivity contribution in [3.8, 4) is 0 Å². The third-order valence-electron chi connectivity index (χ3n) is 3.13. The second kappa shape index (κ2) is 5.92. The number of hydrogen-bond donors (Lipinski definition) is 2. The normalized spacial score (nSPS) is 21.4. The van der Waals surface area contributed by atoms with Crippen LogP contribution in [0.3, 0.4) is 0 Å². The molecule has 1 aliphatic carbocycles. The predicted molar refractivity (Wildman–Crippen MR) is 70.5 cm³/mol. The summed E-state index contributed by atoms with van der Waals surface area (Å²) in [7, 11) is 0. The van der Waals surface area contributed by atoms with Gasteiger partial charge < -0.3 is 11.1 Å². The van der Waals surface area contributed by atoms with Gasteiger partial charge in [-0.15, -0.1) is 0 Å².